The van der Waals surface area contributed by atoms with Crippen LogP contribution in [0.3, 0.4) is 0 Å². The highest BCUT2D eigenvalue weighted by Crippen LogP contribution is 2.20. The van der Waals surface area contributed by atoms with Crippen LogP contribution >= 0.6 is 0 Å². The number of para-hydroxylation sites is 1. The molecule has 0 unspecified atom stereocenters. The van der Waals surface area contributed by atoms with Gasteiger partial charge in [-0.2, -0.15) is 0 Å². The summed E-state index contributed by atoms with van der Waals surface area (Å²) in [6.07, 6.45) is 1.21. The molecule has 0 amide bonds. The maximum atomic E-state index is 13.9. The molecular formula is C16H25FN4O2S. The fraction of sp³-hybridized carbons (Fsp3) is 0.562. The van der Waals surface area contributed by atoms with Crippen molar-refractivity contribution in [3.8, 4) is 0 Å². The van der Waals surface area contributed by atoms with E-state index in [4.69, 9.17) is 0 Å². The van der Waals surface area contributed by atoms with Gasteiger partial charge in [-0.15, -0.1) is 0 Å². The molecular weight excluding hydrogens is 331 g/mol. The Bertz CT molecular complexity index is 670. The first-order valence-corrected chi connectivity index (χ1v) is 10.2. The van der Waals surface area contributed by atoms with Crippen molar-refractivity contribution in [2.75, 3.05) is 56.2 Å². The van der Waals surface area contributed by atoms with Crippen molar-refractivity contribution in [3.05, 3.63) is 30.1 Å². The van der Waals surface area contributed by atoms with E-state index in [1.807, 2.05) is 17.9 Å². The molecule has 6 nitrogen and oxygen atoms in total. The number of sulfone groups is 1. The maximum absolute atomic E-state index is 13.9. The molecule has 1 aliphatic rings. The highest BCUT2D eigenvalue weighted by Gasteiger charge is 2.21. The van der Waals surface area contributed by atoms with Gasteiger partial charge in [0.05, 0.1) is 18.0 Å². The van der Waals surface area contributed by atoms with Gasteiger partial charge in [0.15, 0.2) is 5.96 Å². The second-order valence-corrected chi connectivity index (χ2v) is 8.05. The molecule has 1 heterocycles. The van der Waals surface area contributed by atoms with Crippen LogP contribution in [-0.2, 0) is 9.84 Å². The molecule has 134 valence electrons. The van der Waals surface area contributed by atoms with Crippen LogP contribution in [0.25, 0.3) is 0 Å². The van der Waals surface area contributed by atoms with E-state index in [1.165, 1.54) is 12.3 Å². The molecule has 1 aromatic carbocycles. The summed E-state index contributed by atoms with van der Waals surface area (Å²) in [6, 6.07) is 6.78. The van der Waals surface area contributed by atoms with Crippen LogP contribution in [0.2, 0.25) is 0 Å². The van der Waals surface area contributed by atoms with Gasteiger partial charge in [0.25, 0.3) is 0 Å². The average molecular weight is 356 g/mol. The lowest BCUT2D eigenvalue weighted by molar-refractivity contribution is 0.371. The Morgan fingerprint density at radius 2 is 1.92 bits per heavy atom. The summed E-state index contributed by atoms with van der Waals surface area (Å²) in [5.41, 5.74) is 0.621. The van der Waals surface area contributed by atoms with E-state index in [-0.39, 0.29) is 18.1 Å². The van der Waals surface area contributed by atoms with Gasteiger partial charge in [-0.05, 0) is 19.1 Å². The lowest BCUT2D eigenvalue weighted by Gasteiger charge is -2.37. The Morgan fingerprint density at radius 3 is 2.50 bits per heavy atom. The molecule has 0 aliphatic carbocycles. The number of aliphatic imine (C=N–C) groups is 1. The van der Waals surface area contributed by atoms with Crippen LogP contribution in [0.5, 0.6) is 0 Å². The van der Waals surface area contributed by atoms with Crippen molar-refractivity contribution >= 4 is 21.5 Å². The van der Waals surface area contributed by atoms with Gasteiger partial charge in [0, 0.05) is 39.0 Å². The topological polar surface area (TPSA) is 65.0 Å². The first-order valence-electron chi connectivity index (χ1n) is 8.11. The standard InChI is InChI=1S/C16H25FN4O2S/c1-3-18-16(19-8-13-24(2,22)23)21-11-9-20(10-12-21)15-7-5-4-6-14(15)17/h4-7H,3,8-13H2,1-2H3,(H,18,19). The molecule has 0 atom stereocenters. The molecule has 24 heavy (non-hydrogen) atoms. The Labute approximate surface area is 143 Å². The summed E-state index contributed by atoms with van der Waals surface area (Å²) in [6.45, 7) is 5.73. The minimum Gasteiger partial charge on any atom is -0.366 e. The second-order valence-electron chi connectivity index (χ2n) is 5.79. The number of benzene rings is 1. The number of nitrogens with one attached hydrogen (secondary N) is 1. The van der Waals surface area contributed by atoms with E-state index in [0.717, 1.165) is 0 Å². The summed E-state index contributed by atoms with van der Waals surface area (Å²) in [7, 11) is -3.02. The molecule has 0 saturated carbocycles. The largest absolute Gasteiger partial charge is 0.366 e. The summed E-state index contributed by atoms with van der Waals surface area (Å²) < 4.78 is 36.3. The molecule has 2 rings (SSSR count). The third kappa shape index (κ3) is 5.36. The van der Waals surface area contributed by atoms with Crippen molar-refractivity contribution in [1.29, 1.82) is 0 Å². The van der Waals surface area contributed by atoms with Gasteiger partial charge in [0.1, 0.15) is 15.7 Å². The van der Waals surface area contributed by atoms with Crippen LogP contribution in [0.1, 0.15) is 6.92 Å². The Kier molecular flexibility index (Phi) is 6.42. The lowest BCUT2D eigenvalue weighted by Crippen LogP contribution is -2.52. The second kappa shape index (κ2) is 8.32. The Balaban J connectivity index is 1.97. The minimum atomic E-state index is -3.02. The molecule has 1 aromatic rings. The molecule has 1 aliphatic heterocycles. The van der Waals surface area contributed by atoms with Crippen molar-refractivity contribution in [3.63, 3.8) is 0 Å². The van der Waals surface area contributed by atoms with Gasteiger partial charge >= 0.3 is 0 Å². The predicted molar refractivity (Wildman–Crippen MR) is 95.9 cm³/mol. The quantitative estimate of drug-likeness (QED) is 0.629. The van der Waals surface area contributed by atoms with E-state index in [9.17, 15) is 12.8 Å². The van der Waals surface area contributed by atoms with Gasteiger partial charge in [0.2, 0.25) is 0 Å². The fourth-order valence-electron chi connectivity index (χ4n) is 2.61. The lowest BCUT2D eigenvalue weighted by atomic mass is 10.2. The molecule has 1 saturated heterocycles. The number of hydrogen-bond donors (Lipinski definition) is 1. The van der Waals surface area contributed by atoms with E-state index in [1.54, 1.807) is 12.1 Å². The van der Waals surface area contributed by atoms with Crippen LogP contribution in [0.15, 0.2) is 29.3 Å². The highest BCUT2D eigenvalue weighted by atomic mass is 32.2. The smallest absolute Gasteiger partial charge is 0.194 e. The van der Waals surface area contributed by atoms with Crippen LogP contribution in [-0.4, -0.2) is 70.6 Å². The molecule has 0 spiro atoms. The number of halogens is 1. The number of rotatable bonds is 5. The van der Waals surface area contributed by atoms with Crippen LogP contribution in [0, 0.1) is 5.82 Å². The van der Waals surface area contributed by atoms with Crippen molar-refractivity contribution in [2.24, 2.45) is 4.99 Å². The minimum absolute atomic E-state index is 0.0388. The average Bonchev–Trinajstić information content (AvgIpc) is 2.54. The zero-order chi connectivity index (χ0) is 17.6. The summed E-state index contributed by atoms with van der Waals surface area (Å²) in [5.74, 6) is 0.547. The monoisotopic (exact) mass is 356 g/mol. The fourth-order valence-corrected chi connectivity index (χ4v) is 3.03. The van der Waals surface area contributed by atoms with Crippen LogP contribution < -0.4 is 10.2 Å². The van der Waals surface area contributed by atoms with E-state index >= 15 is 0 Å². The van der Waals surface area contributed by atoms with E-state index in [0.29, 0.717) is 44.4 Å². The molecule has 8 heteroatoms. The van der Waals surface area contributed by atoms with E-state index in [2.05, 4.69) is 15.2 Å². The van der Waals surface area contributed by atoms with Gasteiger partial charge in [-0.3, -0.25) is 4.99 Å². The highest BCUT2D eigenvalue weighted by molar-refractivity contribution is 7.90. The number of piperazine rings is 1. The number of hydrogen-bond acceptors (Lipinski definition) is 4. The normalized spacial score (nSPS) is 16.4. The Hall–Kier alpha value is -1.83. The van der Waals surface area contributed by atoms with Crippen molar-refractivity contribution < 1.29 is 12.8 Å². The number of guanidine groups is 1. The predicted octanol–water partition coefficient (Wildman–Crippen LogP) is 0.958. The molecule has 0 radical (unpaired) electrons. The zero-order valence-electron chi connectivity index (χ0n) is 14.2. The van der Waals surface area contributed by atoms with Gasteiger partial charge in [-0.25, -0.2) is 12.8 Å². The first kappa shape index (κ1) is 18.5. The molecule has 1 N–H and O–H groups in total. The number of anilines is 1. The third-order valence-corrected chi connectivity index (χ3v) is 4.76. The summed E-state index contributed by atoms with van der Waals surface area (Å²) in [4.78, 5) is 8.50. The number of nitrogens with zero attached hydrogens (tertiary/aromatic N) is 3. The SMILES string of the molecule is CCNC(=NCCS(C)(=O)=O)N1CCN(c2ccccc2F)CC1. The third-order valence-electron chi connectivity index (χ3n) is 3.83. The molecule has 0 aromatic heterocycles. The Morgan fingerprint density at radius 1 is 1.25 bits per heavy atom. The maximum Gasteiger partial charge on any atom is 0.194 e. The van der Waals surface area contributed by atoms with Gasteiger partial charge in [-0.1, -0.05) is 12.1 Å². The van der Waals surface area contributed by atoms with Gasteiger partial charge < -0.3 is 15.1 Å². The van der Waals surface area contributed by atoms with Crippen molar-refractivity contribution in [1.82, 2.24) is 10.2 Å². The van der Waals surface area contributed by atoms with Crippen LogP contribution in [0.4, 0.5) is 10.1 Å². The first-order chi connectivity index (χ1) is 11.4. The molecule has 1 fully saturated rings. The molecule has 0 bridgehead atoms. The zero-order valence-corrected chi connectivity index (χ0v) is 15.0. The van der Waals surface area contributed by atoms with Crippen molar-refractivity contribution in [2.45, 2.75) is 6.92 Å². The van der Waals surface area contributed by atoms with E-state index < -0.39 is 9.84 Å². The summed E-state index contributed by atoms with van der Waals surface area (Å²) in [5, 5.41) is 3.19. The summed E-state index contributed by atoms with van der Waals surface area (Å²) >= 11 is 0.